The van der Waals surface area contributed by atoms with Crippen molar-refractivity contribution in [1.29, 1.82) is 0 Å². The van der Waals surface area contributed by atoms with Crippen LogP contribution in [-0.4, -0.2) is 41.7 Å². The normalized spacial score (nSPS) is 20.0. The third-order valence-electron chi connectivity index (χ3n) is 3.67. The molecule has 0 N–H and O–H groups in total. The highest BCUT2D eigenvalue weighted by molar-refractivity contribution is 7.99. The van der Waals surface area contributed by atoms with Crippen molar-refractivity contribution in [3.8, 4) is 0 Å². The number of sulfone groups is 1. The smallest absolute Gasteiger partial charge is 0.277 e. The summed E-state index contributed by atoms with van der Waals surface area (Å²) in [6.45, 7) is 3.91. The van der Waals surface area contributed by atoms with E-state index in [0.717, 1.165) is 15.3 Å². The van der Waals surface area contributed by atoms with Gasteiger partial charge in [0, 0.05) is 15.3 Å². The van der Waals surface area contributed by atoms with Crippen LogP contribution in [0, 0.1) is 13.8 Å². The highest BCUT2D eigenvalue weighted by atomic mass is 32.2. The van der Waals surface area contributed by atoms with Gasteiger partial charge in [-0.1, -0.05) is 11.8 Å². The number of ketones is 1. The van der Waals surface area contributed by atoms with E-state index in [1.807, 2.05) is 19.9 Å². The molecule has 2 aromatic heterocycles. The first kappa shape index (κ1) is 16.7. The zero-order chi connectivity index (χ0) is 16.6. The van der Waals surface area contributed by atoms with Gasteiger partial charge in [-0.3, -0.25) is 4.79 Å². The molecule has 0 spiro atoms. The standard InChI is InChI=1S/C14H16N2O4S3/c1-8-5-11(9(2)22-8)12(17)6-21-14-16-15-13(20-14)10-3-4-23(18,19)7-10/h5,10H,3-4,6-7H2,1-2H3/t10-/m1/s1. The number of aryl methyl sites for hydroxylation is 2. The number of carbonyl (C=O) groups excluding carboxylic acids is 1. The van der Waals surface area contributed by atoms with E-state index in [2.05, 4.69) is 10.2 Å². The number of thioether (sulfide) groups is 1. The first-order valence-electron chi connectivity index (χ1n) is 7.11. The summed E-state index contributed by atoms with van der Waals surface area (Å²) in [6.07, 6.45) is 0.515. The van der Waals surface area contributed by atoms with E-state index in [-0.39, 0.29) is 29.0 Å². The molecule has 0 saturated carbocycles. The molecule has 3 rings (SSSR count). The molecule has 0 bridgehead atoms. The Balaban J connectivity index is 1.61. The van der Waals surface area contributed by atoms with Crippen LogP contribution in [0.25, 0.3) is 0 Å². The van der Waals surface area contributed by atoms with Gasteiger partial charge in [-0.05, 0) is 26.3 Å². The minimum Gasteiger partial charge on any atom is -0.416 e. The predicted octanol–water partition coefficient (Wildman–Crippen LogP) is 2.63. The molecule has 0 amide bonds. The largest absolute Gasteiger partial charge is 0.416 e. The van der Waals surface area contributed by atoms with E-state index < -0.39 is 9.84 Å². The van der Waals surface area contributed by atoms with Gasteiger partial charge in [-0.2, -0.15) is 0 Å². The molecule has 0 unspecified atom stereocenters. The van der Waals surface area contributed by atoms with E-state index in [4.69, 9.17) is 4.42 Å². The van der Waals surface area contributed by atoms with Crippen LogP contribution in [0.15, 0.2) is 15.7 Å². The number of aromatic nitrogens is 2. The molecule has 0 aliphatic carbocycles. The molecule has 6 nitrogen and oxygen atoms in total. The second-order valence-corrected chi connectivity index (χ2v) is 10.2. The lowest BCUT2D eigenvalue weighted by Crippen LogP contribution is -2.03. The second kappa shape index (κ2) is 6.37. The molecule has 1 fully saturated rings. The monoisotopic (exact) mass is 372 g/mol. The number of hydrogen-bond donors (Lipinski definition) is 0. The molecule has 0 radical (unpaired) electrons. The van der Waals surface area contributed by atoms with Gasteiger partial charge in [0.25, 0.3) is 5.22 Å². The minimum absolute atomic E-state index is 0.0278. The van der Waals surface area contributed by atoms with Crippen molar-refractivity contribution in [3.63, 3.8) is 0 Å². The number of rotatable bonds is 5. The first-order valence-corrected chi connectivity index (χ1v) is 10.7. The van der Waals surface area contributed by atoms with E-state index >= 15 is 0 Å². The van der Waals surface area contributed by atoms with Crippen LogP contribution in [0.3, 0.4) is 0 Å². The summed E-state index contributed by atoms with van der Waals surface area (Å²) in [5.74, 6) is 0.605. The van der Waals surface area contributed by atoms with Gasteiger partial charge < -0.3 is 4.42 Å². The molecule has 2 aromatic rings. The fourth-order valence-electron chi connectivity index (χ4n) is 2.55. The summed E-state index contributed by atoms with van der Waals surface area (Å²) >= 11 is 2.79. The van der Waals surface area contributed by atoms with Gasteiger partial charge in [-0.15, -0.1) is 21.5 Å². The Morgan fingerprint density at radius 3 is 2.83 bits per heavy atom. The van der Waals surface area contributed by atoms with Crippen molar-refractivity contribution >= 4 is 38.7 Å². The Labute approximate surface area is 142 Å². The Bertz CT molecular complexity index is 838. The topological polar surface area (TPSA) is 90.1 Å². The summed E-state index contributed by atoms with van der Waals surface area (Å²) in [6, 6.07) is 1.89. The van der Waals surface area contributed by atoms with Crippen molar-refractivity contribution in [3.05, 3.63) is 27.3 Å². The van der Waals surface area contributed by atoms with Crippen molar-refractivity contribution in [2.24, 2.45) is 0 Å². The van der Waals surface area contributed by atoms with Crippen molar-refractivity contribution in [1.82, 2.24) is 10.2 Å². The molecule has 1 atom stereocenters. The van der Waals surface area contributed by atoms with E-state index in [0.29, 0.717) is 17.5 Å². The Hall–Kier alpha value is -1.19. The molecule has 1 saturated heterocycles. The van der Waals surface area contributed by atoms with Gasteiger partial charge in [0.15, 0.2) is 15.6 Å². The van der Waals surface area contributed by atoms with Gasteiger partial charge in [0.05, 0.1) is 23.2 Å². The Kier molecular flexibility index (Phi) is 4.61. The first-order chi connectivity index (χ1) is 10.8. The van der Waals surface area contributed by atoms with Crippen LogP contribution in [0.4, 0.5) is 0 Å². The minimum atomic E-state index is -2.99. The molecule has 124 valence electrons. The number of Topliss-reactive ketones (excluding diaryl/α,β-unsaturated/α-hetero) is 1. The lowest BCUT2D eigenvalue weighted by molar-refractivity contribution is 0.102. The van der Waals surface area contributed by atoms with Crippen molar-refractivity contribution in [2.75, 3.05) is 17.3 Å². The van der Waals surface area contributed by atoms with Crippen LogP contribution < -0.4 is 0 Å². The van der Waals surface area contributed by atoms with Crippen LogP contribution in [0.2, 0.25) is 0 Å². The molecule has 23 heavy (non-hydrogen) atoms. The van der Waals surface area contributed by atoms with Crippen molar-refractivity contribution in [2.45, 2.75) is 31.4 Å². The zero-order valence-electron chi connectivity index (χ0n) is 12.7. The maximum absolute atomic E-state index is 12.2. The predicted molar refractivity (Wildman–Crippen MR) is 89.2 cm³/mol. The van der Waals surface area contributed by atoms with E-state index in [1.54, 1.807) is 11.3 Å². The SMILES string of the molecule is Cc1cc(C(=O)CSc2nnc([C@@H]3CCS(=O)(=O)C3)o2)c(C)s1. The molecular weight excluding hydrogens is 356 g/mol. The van der Waals surface area contributed by atoms with Gasteiger partial charge in [0.1, 0.15) is 0 Å². The number of nitrogens with zero attached hydrogens (tertiary/aromatic N) is 2. The molecular formula is C14H16N2O4S3. The number of thiophene rings is 1. The Morgan fingerprint density at radius 1 is 1.43 bits per heavy atom. The number of carbonyl (C=O) groups is 1. The van der Waals surface area contributed by atoms with Crippen LogP contribution in [0.1, 0.15) is 38.3 Å². The quantitative estimate of drug-likeness (QED) is 0.588. The number of hydrogen-bond acceptors (Lipinski definition) is 8. The fourth-order valence-corrected chi connectivity index (χ4v) is 5.87. The van der Waals surface area contributed by atoms with E-state index in [1.165, 1.54) is 11.8 Å². The van der Waals surface area contributed by atoms with Gasteiger partial charge in [0.2, 0.25) is 5.89 Å². The lowest BCUT2D eigenvalue weighted by Gasteiger charge is -1.99. The maximum atomic E-state index is 12.2. The summed E-state index contributed by atoms with van der Waals surface area (Å²) in [5, 5.41) is 8.14. The highest BCUT2D eigenvalue weighted by Gasteiger charge is 2.32. The Morgan fingerprint density at radius 2 is 2.22 bits per heavy atom. The average Bonchev–Trinajstić information content (AvgIpc) is 3.15. The summed E-state index contributed by atoms with van der Waals surface area (Å²) in [7, 11) is -2.99. The molecule has 1 aliphatic heterocycles. The van der Waals surface area contributed by atoms with Crippen LogP contribution in [0.5, 0.6) is 0 Å². The zero-order valence-corrected chi connectivity index (χ0v) is 15.2. The summed E-state index contributed by atoms with van der Waals surface area (Å²) in [5.41, 5.74) is 0.738. The second-order valence-electron chi connectivity index (χ2n) is 5.54. The van der Waals surface area contributed by atoms with Gasteiger partial charge >= 0.3 is 0 Å². The molecule has 3 heterocycles. The molecule has 9 heteroatoms. The fraction of sp³-hybridized carbons (Fsp3) is 0.500. The highest BCUT2D eigenvalue weighted by Crippen LogP contribution is 2.30. The van der Waals surface area contributed by atoms with Crippen molar-refractivity contribution < 1.29 is 17.6 Å². The summed E-state index contributed by atoms with van der Waals surface area (Å²) < 4.78 is 28.5. The average molecular weight is 372 g/mol. The lowest BCUT2D eigenvalue weighted by atomic mass is 10.1. The third kappa shape index (κ3) is 3.84. The molecule has 1 aliphatic rings. The van der Waals surface area contributed by atoms with Gasteiger partial charge in [-0.25, -0.2) is 8.42 Å². The van der Waals surface area contributed by atoms with E-state index in [9.17, 15) is 13.2 Å². The maximum Gasteiger partial charge on any atom is 0.277 e. The van der Waals surface area contributed by atoms with Crippen LogP contribution >= 0.6 is 23.1 Å². The van der Waals surface area contributed by atoms with Crippen LogP contribution in [-0.2, 0) is 9.84 Å². The molecule has 0 aromatic carbocycles. The third-order valence-corrected chi connectivity index (χ3v) is 7.22. The summed E-state index contributed by atoms with van der Waals surface area (Å²) in [4.78, 5) is 14.3.